The normalized spacial score (nSPS) is 12.4. The van der Waals surface area contributed by atoms with Gasteiger partial charge in [-0.3, -0.25) is 0 Å². The molecule has 0 bridgehead atoms. The van der Waals surface area contributed by atoms with E-state index < -0.39 is 10.0 Å². The molecule has 1 aromatic rings. The Morgan fingerprint density at radius 3 is 2.33 bits per heavy atom. The average Bonchev–Trinajstić information content (AvgIpc) is 2.37. The number of benzene rings is 1. The molecule has 0 saturated carbocycles. The maximum Gasteiger partial charge on any atom is 0.240 e. The third-order valence-corrected chi connectivity index (χ3v) is 5.42. The van der Waals surface area contributed by atoms with E-state index in [1.807, 2.05) is 26.8 Å². The van der Waals surface area contributed by atoms with Crippen LogP contribution in [0, 0.1) is 12.8 Å². The van der Waals surface area contributed by atoms with Gasteiger partial charge in [-0.05, 0) is 36.1 Å². The zero-order valence-electron chi connectivity index (χ0n) is 13.3. The fourth-order valence-electron chi connectivity index (χ4n) is 1.76. The summed E-state index contributed by atoms with van der Waals surface area (Å²) >= 11 is 3.46. The first-order valence-corrected chi connectivity index (χ1v) is 9.43. The Kier molecular flexibility index (Phi) is 6.84. The molecule has 120 valence electrons. The molecule has 0 unspecified atom stereocenters. The summed E-state index contributed by atoms with van der Waals surface area (Å²) in [7, 11) is -3.48. The highest BCUT2D eigenvalue weighted by molar-refractivity contribution is 9.10. The van der Waals surface area contributed by atoms with Crippen LogP contribution >= 0.6 is 15.9 Å². The van der Waals surface area contributed by atoms with E-state index in [-0.39, 0.29) is 5.92 Å². The van der Waals surface area contributed by atoms with E-state index in [2.05, 4.69) is 39.8 Å². The minimum Gasteiger partial charge on any atom is -0.310 e. The lowest BCUT2D eigenvalue weighted by molar-refractivity contribution is 0.558. The molecule has 0 aromatic heterocycles. The van der Waals surface area contributed by atoms with Gasteiger partial charge in [0.15, 0.2) is 0 Å². The highest BCUT2D eigenvalue weighted by Crippen LogP contribution is 2.26. The lowest BCUT2D eigenvalue weighted by Gasteiger charge is -2.15. The Bertz CT molecular complexity index is 584. The summed E-state index contributed by atoms with van der Waals surface area (Å²) in [5, 5.41) is 3.30. The van der Waals surface area contributed by atoms with Crippen molar-refractivity contribution in [3.8, 4) is 0 Å². The molecule has 4 nitrogen and oxygen atoms in total. The predicted molar refractivity (Wildman–Crippen MR) is 90.9 cm³/mol. The smallest absolute Gasteiger partial charge is 0.240 e. The first-order valence-electron chi connectivity index (χ1n) is 7.15. The van der Waals surface area contributed by atoms with E-state index in [9.17, 15) is 8.42 Å². The van der Waals surface area contributed by atoms with Gasteiger partial charge >= 0.3 is 0 Å². The predicted octanol–water partition coefficient (Wildman–Crippen LogP) is 3.19. The van der Waals surface area contributed by atoms with Crippen molar-refractivity contribution in [3.63, 3.8) is 0 Å². The van der Waals surface area contributed by atoms with Gasteiger partial charge in [0.1, 0.15) is 0 Å². The molecule has 0 aliphatic heterocycles. The third kappa shape index (κ3) is 5.70. The fraction of sp³-hybridized carbons (Fsp3) is 0.600. The van der Waals surface area contributed by atoms with Crippen LogP contribution in [-0.2, 0) is 16.6 Å². The number of sulfonamides is 1. The van der Waals surface area contributed by atoms with Crippen LogP contribution in [0.5, 0.6) is 0 Å². The van der Waals surface area contributed by atoms with Crippen molar-refractivity contribution in [2.24, 2.45) is 5.92 Å². The molecule has 1 aromatic carbocycles. The maximum absolute atomic E-state index is 12.4. The lowest BCUT2D eigenvalue weighted by atomic mass is 10.1. The van der Waals surface area contributed by atoms with Gasteiger partial charge < -0.3 is 5.32 Å². The monoisotopic (exact) mass is 376 g/mol. The van der Waals surface area contributed by atoms with Gasteiger partial charge in [-0.2, -0.15) is 0 Å². The summed E-state index contributed by atoms with van der Waals surface area (Å²) in [5.74, 6) is 0.273. The summed E-state index contributed by atoms with van der Waals surface area (Å²) in [6.45, 7) is 11.0. The van der Waals surface area contributed by atoms with Crippen LogP contribution in [-0.4, -0.2) is 21.0 Å². The van der Waals surface area contributed by atoms with Crippen molar-refractivity contribution in [3.05, 3.63) is 27.7 Å². The van der Waals surface area contributed by atoms with E-state index >= 15 is 0 Å². The quantitative estimate of drug-likeness (QED) is 0.767. The van der Waals surface area contributed by atoms with Gasteiger partial charge in [0.05, 0.1) is 4.90 Å². The summed E-state index contributed by atoms with van der Waals surface area (Å²) in [6, 6.07) is 4.06. The minimum atomic E-state index is -3.48. The van der Waals surface area contributed by atoms with Gasteiger partial charge in [0, 0.05) is 23.6 Å². The first-order chi connectivity index (χ1) is 9.63. The molecular weight excluding hydrogens is 352 g/mol. The van der Waals surface area contributed by atoms with Crippen LogP contribution in [0.1, 0.15) is 38.8 Å². The van der Waals surface area contributed by atoms with Gasteiger partial charge in [0.25, 0.3) is 0 Å². The van der Waals surface area contributed by atoms with Crippen molar-refractivity contribution >= 4 is 26.0 Å². The zero-order chi connectivity index (χ0) is 16.2. The molecule has 21 heavy (non-hydrogen) atoms. The van der Waals surface area contributed by atoms with Crippen molar-refractivity contribution in [2.45, 2.75) is 52.1 Å². The van der Waals surface area contributed by atoms with E-state index in [1.54, 1.807) is 6.07 Å². The highest BCUT2D eigenvalue weighted by atomic mass is 79.9. The number of rotatable bonds is 7. The number of hydrogen-bond donors (Lipinski definition) is 2. The number of nitrogens with one attached hydrogen (secondary N) is 2. The second-order valence-corrected chi connectivity index (χ2v) is 8.57. The van der Waals surface area contributed by atoms with Gasteiger partial charge in [-0.25, -0.2) is 13.1 Å². The van der Waals surface area contributed by atoms with Crippen LogP contribution in [0.4, 0.5) is 0 Å². The minimum absolute atomic E-state index is 0.273. The maximum atomic E-state index is 12.4. The first kappa shape index (κ1) is 18.6. The molecule has 2 N–H and O–H groups in total. The Hall–Kier alpha value is -0.430. The summed E-state index contributed by atoms with van der Waals surface area (Å²) in [5.41, 5.74) is 1.69. The van der Waals surface area contributed by atoms with Crippen molar-refractivity contribution < 1.29 is 8.42 Å². The molecule has 0 atom stereocenters. The summed E-state index contributed by atoms with van der Waals surface area (Å²) in [6.07, 6.45) is 0. The van der Waals surface area contributed by atoms with Gasteiger partial charge in [0.2, 0.25) is 10.0 Å². The molecule has 0 radical (unpaired) electrons. The largest absolute Gasteiger partial charge is 0.310 e. The van der Waals surface area contributed by atoms with Crippen molar-refractivity contribution in [1.82, 2.24) is 10.0 Å². The standard InChI is InChI=1S/C15H25BrN2O2S/c1-10(2)8-18-21(19,20)15-7-13(9-17-11(3)4)6-14(16)12(15)5/h6-7,10-11,17-18H,8-9H2,1-5H3. The van der Waals surface area contributed by atoms with E-state index in [4.69, 9.17) is 0 Å². The molecule has 0 aliphatic carbocycles. The van der Waals surface area contributed by atoms with Crippen LogP contribution in [0.3, 0.4) is 0 Å². The van der Waals surface area contributed by atoms with Gasteiger partial charge in [-0.15, -0.1) is 0 Å². The Morgan fingerprint density at radius 2 is 1.81 bits per heavy atom. The molecule has 0 saturated heterocycles. The molecule has 0 aliphatic rings. The molecule has 6 heteroatoms. The SMILES string of the molecule is Cc1c(Br)cc(CNC(C)C)cc1S(=O)(=O)NCC(C)C. The number of halogens is 1. The second-order valence-electron chi connectivity index (χ2n) is 5.98. The topological polar surface area (TPSA) is 58.2 Å². The van der Waals surface area contributed by atoms with E-state index in [0.717, 1.165) is 15.6 Å². The Labute approximate surface area is 136 Å². The molecule has 0 spiro atoms. The molecular formula is C15H25BrN2O2S. The van der Waals surface area contributed by atoms with Crippen LogP contribution in [0.15, 0.2) is 21.5 Å². The highest BCUT2D eigenvalue weighted by Gasteiger charge is 2.19. The van der Waals surface area contributed by atoms with Crippen LogP contribution in [0.2, 0.25) is 0 Å². The van der Waals surface area contributed by atoms with E-state index in [0.29, 0.717) is 24.0 Å². The molecule has 0 heterocycles. The molecule has 1 rings (SSSR count). The zero-order valence-corrected chi connectivity index (χ0v) is 15.7. The van der Waals surface area contributed by atoms with Gasteiger partial charge in [-0.1, -0.05) is 43.6 Å². The average molecular weight is 377 g/mol. The van der Waals surface area contributed by atoms with Crippen molar-refractivity contribution in [1.29, 1.82) is 0 Å². The third-order valence-electron chi connectivity index (χ3n) is 3.04. The molecule has 0 fully saturated rings. The Morgan fingerprint density at radius 1 is 1.19 bits per heavy atom. The van der Waals surface area contributed by atoms with Crippen molar-refractivity contribution in [2.75, 3.05) is 6.54 Å². The van der Waals surface area contributed by atoms with Crippen LogP contribution in [0.25, 0.3) is 0 Å². The molecule has 0 amide bonds. The lowest BCUT2D eigenvalue weighted by Crippen LogP contribution is -2.28. The van der Waals surface area contributed by atoms with Crippen LogP contribution < -0.4 is 10.0 Å². The summed E-state index contributed by atoms with van der Waals surface area (Å²) < 4.78 is 28.4. The summed E-state index contributed by atoms with van der Waals surface area (Å²) in [4.78, 5) is 0.345. The Balaban J connectivity index is 3.10. The fourth-order valence-corrected chi connectivity index (χ4v) is 3.93. The second kappa shape index (κ2) is 7.72. The van der Waals surface area contributed by atoms with E-state index in [1.165, 1.54) is 0 Å². The number of hydrogen-bond acceptors (Lipinski definition) is 3.